The molecule has 0 aliphatic heterocycles. The van der Waals surface area contributed by atoms with Crippen LogP contribution < -0.4 is 10.9 Å². The van der Waals surface area contributed by atoms with Crippen molar-refractivity contribution >= 4 is 38.9 Å². The second-order valence-electron chi connectivity index (χ2n) is 6.58. The number of hydrazine groups is 1. The molecule has 0 heterocycles. The molecule has 0 atom stereocenters. The Hall–Kier alpha value is -3.15. The molecule has 0 fully saturated rings. The van der Waals surface area contributed by atoms with E-state index in [0.717, 1.165) is 0 Å². The summed E-state index contributed by atoms with van der Waals surface area (Å²) in [5.74, 6) is 0.299. The van der Waals surface area contributed by atoms with E-state index in [1.807, 2.05) is 0 Å². The molecule has 0 bridgehead atoms. The van der Waals surface area contributed by atoms with E-state index in [0.29, 0.717) is 5.56 Å². The van der Waals surface area contributed by atoms with E-state index in [9.17, 15) is 14.4 Å². The number of amides is 2. The van der Waals surface area contributed by atoms with Gasteiger partial charge >= 0.3 is 102 Å². The van der Waals surface area contributed by atoms with Gasteiger partial charge in [0.15, 0.2) is 0 Å². The number of rotatable bonds is 6. The summed E-state index contributed by atoms with van der Waals surface area (Å²) in [4.78, 5) is 32.6. The molecular weight excluding hydrogens is 495 g/mol. The zero-order valence-electron chi connectivity index (χ0n) is 17.3. The van der Waals surface area contributed by atoms with E-state index >= 15 is 0 Å². The molecule has 3 aromatic carbocycles. The molecule has 0 aliphatic carbocycles. The Morgan fingerprint density at radius 3 is 1.65 bits per heavy atom. The van der Waals surface area contributed by atoms with Gasteiger partial charge in [-0.1, -0.05) is 18.2 Å². The molecule has 0 aromatic heterocycles. The molecule has 5 nitrogen and oxygen atoms in total. The summed E-state index contributed by atoms with van der Waals surface area (Å²) in [5.41, 5.74) is 7.58. The van der Waals surface area contributed by atoms with Crippen molar-refractivity contribution in [2.75, 3.05) is 0 Å². The van der Waals surface area contributed by atoms with Gasteiger partial charge in [-0.15, -0.1) is 0 Å². The summed E-state index contributed by atoms with van der Waals surface area (Å²) in [7, 11) is 0. The van der Waals surface area contributed by atoms with Crippen molar-refractivity contribution in [3.8, 4) is 0 Å². The van der Waals surface area contributed by atoms with Crippen LogP contribution in [0.1, 0.15) is 28.4 Å². The van der Waals surface area contributed by atoms with Gasteiger partial charge in [0.2, 0.25) is 0 Å². The van der Waals surface area contributed by atoms with Crippen molar-refractivity contribution in [3.63, 3.8) is 0 Å². The van der Waals surface area contributed by atoms with E-state index in [4.69, 9.17) is 0 Å². The molecule has 0 spiro atoms. The van der Waals surface area contributed by atoms with Crippen molar-refractivity contribution in [1.29, 1.82) is 0 Å². The van der Waals surface area contributed by atoms with Crippen LogP contribution in [0.15, 0.2) is 96.6 Å². The van der Waals surface area contributed by atoms with Gasteiger partial charge in [-0.25, -0.2) is 4.79 Å². The van der Waals surface area contributed by atoms with Crippen LogP contribution in [-0.2, 0) is 18.5 Å². The van der Waals surface area contributed by atoms with Crippen LogP contribution in [0.4, 0.5) is 0 Å². The van der Waals surface area contributed by atoms with Crippen LogP contribution in [0.2, 0.25) is 0 Å². The Labute approximate surface area is 192 Å². The maximum absolute atomic E-state index is 11.4. The second-order valence-corrected chi connectivity index (χ2v) is 10.0. The first-order valence-electron chi connectivity index (χ1n) is 9.76. The predicted molar refractivity (Wildman–Crippen MR) is 123 cm³/mol. The Balaban J connectivity index is 0.000000220. The van der Waals surface area contributed by atoms with Gasteiger partial charge < -0.3 is 0 Å². The average Bonchev–Trinajstić information content (AvgIpc) is 2.84. The summed E-state index contributed by atoms with van der Waals surface area (Å²) >= 11 is -0.258. The third-order valence-electron chi connectivity index (χ3n) is 4.16. The number of hydrogen-bond acceptors (Lipinski definition) is 3. The summed E-state index contributed by atoms with van der Waals surface area (Å²) < 4.78 is 2.69. The van der Waals surface area contributed by atoms with Gasteiger partial charge in [0.1, 0.15) is 5.94 Å². The molecular formula is C25H24N2O3Sn. The molecule has 2 amide bonds. The maximum atomic E-state index is 11.4. The number of benzene rings is 3. The molecule has 3 rings (SSSR count). The van der Waals surface area contributed by atoms with E-state index in [1.165, 1.54) is 32.9 Å². The van der Waals surface area contributed by atoms with Crippen molar-refractivity contribution in [1.82, 2.24) is 10.9 Å². The first-order chi connectivity index (χ1) is 15.1. The minimum atomic E-state index is -0.681. The quantitative estimate of drug-likeness (QED) is 0.227. The minimum absolute atomic E-state index is 0.131. The summed E-state index contributed by atoms with van der Waals surface area (Å²) in [6.07, 6.45) is 0. The van der Waals surface area contributed by atoms with Crippen LogP contribution in [0.25, 0.3) is 0 Å². The molecule has 3 aromatic rings. The van der Waals surface area contributed by atoms with E-state index in [-0.39, 0.29) is 26.7 Å². The Kier molecular flexibility index (Phi) is 10.9. The third kappa shape index (κ3) is 9.47. The molecule has 6 heteroatoms. The fourth-order valence-electron chi connectivity index (χ4n) is 2.46. The van der Waals surface area contributed by atoms with Crippen molar-refractivity contribution in [2.45, 2.75) is 15.8 Å². The van der Waals surface area contributed by atoms with Crippen LogP contribution >= 0.6 is 0 Å². The van der Waals surface area contributed by atoms with Crippen molar-refractivity contribution in [2.24, 2.45) is 0 Å². The van der Waals surface area contributed by atoms with E-state index < -0.39 is 11.8 Å². The van der Waals surface area contributed by atoms with Gasteiger partial charge in [-0.2, -0.15) is 0 Å². The number of hydrogen-bond donors (Lipinski definition) is 2. The molecule has 0 saturated heterocycles. The van der Waals surface area contributed by atoms with Gasteiger partial charge in [0.25, 0.3) is 11.8 Å². The molecule has 156 valence electrons. The first-order valence-corrected chi connectivity index (χ1v) is 13.8. The van der Waals surface area contributed by atoms with Crippen LogP contribution in [0.5, 0.6) is 0 Å². The normalized spacial score (nSPS) is 9.45. The van der Waals surface area contributed by atoms with E-state index in [2.05, 4.69) is 71.5 Å². The van der Waals surface area contributed by atoms with Gasteiger partial charge in [0, 0.05) is 5.56 Å². The standard InChI is InChI=1S/C11H10N2O3.2C7H7.Sn/c1-8(7-14)10(15)12-13-11(16)9-5-3-2-4-6-9;2*1-7-5-3-2-4-6-7;/h2-6H,1H3,(H,12,15)(H,13,16);2*2-6H,1H2;. The predicted octanol–water partition coefficient (Wildman–Crippen LogP) is 3.32. The van der Waals surface area contributed by atoms with E-state index in [1.54, 1.807) is 30.3 Å². The number of carbonyl (C=O) groups is 2. The molecule has 2 N–H and O–H groups in total. The van der Waals surface area contributed by atoms with Gasteiger partial charge in [-0.3, -0.25) is 20.4 Å². The van der Waals surface area contributed by atoms with Gasteiger partial charge in [-0.05, 0) is 19.1 Å². The van der Waals surface area contributed by atoms with Crippen molar-refractivity contribution in [3.05, 3.63) is 113 Å². The molecule has 2 radical (unpaired) electrons. The fourth-order valence-corrected chi connectivity index (χ4v) is 5.81. The summed E-state index contributed by atoms with van der Waals surface area (Å²) in [6.45, 7) is 1.30. The van der Waals surface area contributed by atoms with Crippen LogP contribution in [0.3, 0.4) is 0 Å². The van der Waals surface area contributed by atoms with Gasteiger partial charge in [0.05, 0.1) is 5.57 Å². The zero-order valence-corrected chi connectivity index (χ0v) is 20.2. The zero-order chi connectivity index (χ0) is 22.3. The fraction of sp³-hybridized carbons (Fsp3) is 0.120. The second kappa shape index (κ2) is 14.0. The third-order valence-corrected chi connectivity index (χ3v) is 7.92. The summed E-state index contributed by atoms with van der Waals surface area (Å²) in [5, 5.41) is 0. The number of carbonyl (C=O) groups excluding carboxylic acids is 3. The molecule has 0 saturated carbocycles. The first kappa shape index (κ1) is 24.1. The monoisotopic (exact) mass is 520 g/mol. The Morgan fingerprint density at radius 1 is 0.742 bits per heavy atom. The Morgan fingerprint density at radius 2 is 1.19 bits per heavy atom. The molecule has 0 unspecified atom stereocenters. The topological polar surface area (TPSA) is 75.3 Å². The SMILES string of the molecule is CC(=C=O)C(=O)NNC(=O)c1ccccc1.c1ccc([CH2][Sn][CH2]c2ccccc2)cc1. The summed E-state index contributed by atoms with van der Waals surface area (Å²) in [6, 6.07) is 30.1. The van der Waals surface area contributed by atoms with Crippen molar-refractivity contribution < 1.29 is 14.4 Å². The average molecular weight is 519 g/mol. The molecule has 0 aliphatic rings. The van der Waals surface area contributed by atoms with Crippen LogP contribution in [-0.4, -0.2) is 38.9 Å². The molecule has 31 heavy (non-hydrogen) atoms. The Bertz CT molecular complexity index is 963. The number of nitrogens with one attached hydrogen (secondary N) is 2. The van der Waals surface area contributed by atoms with Crippen LogP contribution in [0, 0.1) is 0 Å².